The molecule has 0 N–H and O–H groups in total. The molecule has 1 unspecified atom stereocenters. The molecule has 130 valence electrons. The first-order valence-electron chi connectivity index (χ1n) is 7.05. The highest BCUT2D eigenvalue weighted by atomic mass is 32.2. The van der Waals surface area contributed by atoms with E-state index in [4.69, 9.17) is 4.74 Å². The van der Waals surface area contributed by atoms with E-state index in [0.29, 0.717) is 5.56 Å². The number of alkyl halides is 3. The van der Waals surface area contributed by atoms with Crippen LogP contribution in [-0.2, 0) is 16.1 Å². The average Bonchev–Trinajstić information content (AvgIpc) is 2.89. The Morgan fingerprint density at radius 2 is 2.00 bits per heavy atom. The molecule has 2 aromatic heterocycles. The van der Waals surface area contributed by atoms with Gasteiger partial charge in [-0.25, -0.2) is 0 Å². The van der Waals surface area contributed by atoms with Gasteiger partial charge >= 0.3 is 12.1 Å². The molecule has 0 amide bonds. The van der Waals surface area contributed by atoms with E-state index in [0.717, 1.165) is 16.3 Å². The standard InChI is InChI=1S/C14H15F3N4O2S/c1-3-23-12(22)9(2)24-13-20-19-11(10-4-6-18-7-5-10)21(13)8-14(15,16)17/h4-7,9H,3,8H2,1-2H3. The number of esters is 1. The SMILES string of the molecule is CCOC(=O)C(C)Sc1nnc(-c2ccncc2)n1CC(F)(F)F. The molecule has 2 aromatic rings. The monoisotopic (exact) mass is 360 g/mol. The van der Waals surface area contributed by atoms with Gasteiger partial charge < -0.3 is 4.74 Å². The van der Waals surface area contributed by atoms with Gasteiger partial charge in [0.05, 0.1) is 6.61 Å². The first kappa shape index (κ1) is 18.2. The van der Waals surface area contributed by atoms with E-state index in [2.05, 4.69) is 15.2 Å². The molecule has 24 heavy (non-hydrogen) atoms. The number of thioether (sulfide) groups is 1. The zero-order chi connectivity index (χ0) is 17.7. The average molecular weight is 360 g/mol. The first-order chi connectivity index (χ1) is 11.3. The van der Waals surface area contributed by atoms with Crippen molar-refractivity contribution in [1.29, 1.82) is 0 Å². The van der Waals surface area contributed by atoms with Crippen LogP contribution in [0, 0.1) is 0 Å². The minimum Gasteiger partial charge on any atom is -0.465 e. The fourth-order valence-corrected chi connectivity index (χ4v) is 2.72. The minimum atomic E-state index is -4.45. The molecule has 0 aliphatic heterocycles. The van der Waals surface area contributed by atoms with Crippen molar-refractivity contribution in [2.75, 3.05) is 6.61 Å². The summed E-state index contributed by atoms with van der Waals surface area (Å²) in [6, 6.07) is 3.08. The van der Waals surface area contributed by atoms with E-state index >= 15 is 0 Å². The molecule has 0 aliphatic carbocycles. The van der Waals surface area contributed by atoms with Crippen LogP contribution in [0.15, 0.2) is 29.7 Å². The molecule has 0 fully saturated rings. The van der Waals surface area contributed by atoms with Crippen LogP contribution < -0.4 is 0 Å². The summed E-state index contributed by atoms with van der Waals surface area (Å²) in [5.74, 6) is -0.456. The quantitative estimate of drug-likeness (QED) is 0.583. The van der Waals surface area contributed by atoms with Crippen molar-refractivity contribution in [2.45, 2.75) is 37.0 Å². The van der Waals surface area contributed by atoms with Gasteiger partial charge in [-0.1, -0.05) is 11.8 Å². The van der Waals surface area contributed by atoms with E-state index in [1.807, 2.05) is 0 Å². The molecule has 1 atom stereocenters. The summed E-state index contributed by atoms with van der Waals surface area (Å²) in [5, 5.41) is 6.95. The fourth-order valence-electron chi connectivity index (χ4n) is 1.88. The van der Waals surface area contributed by atoms with Crippen LogP contribution in [0.5, 0.6) is 0 Å². The smallest absolute Gasteiger partial charge is 0.406 e. The summed E-state index contributed by atoms with van der Waals surface area (Å²) in [6.07, 6.45) is -1.54. The number of hydrogen-bond acceptors (Lipinski definition) is 6. The lowest BCUT2D eigenvalue weighted by Gasteiger charge is -2.14. The minimum absolute atomic E-state index is 0.000287. The van der Waals surface area contributed by atoms with Gasteiger partial charge in [0.1, 0.15) is 11.8 Å². The van der Waals surface area contributed by atoms with E-state index in [9.17, 15) is 18.0 Å². The van der Waals surface area contributed by atoms with E-state index in [-0.39, 0.29) is 17.6 Å². The number of hydrogen-bond donors (Lipinski definition) is 0. The van der Waals surface area contributed by atoms with Gasteiger partial charge in [0, 0.05) is 18.0 Å². The molecule has 2 heterocycles. The van der Waals surface area contributed by atoms with Gasteiger partial charge in [-0.2, -0.15) is 13.2 Å². The number of ether oxygens (including phenoxy) is 1. The molecule has 2 rings (SSSR count). The Hall–Kier alpha value is -2.10. The van der Waals surface area contributed by atoms with Crippen LogP contribution in [0.3, 0.4) is 0 Å². The maximum atomic E-state index is 12.9. The van der Waals surface area contributed by atoms with Crippen LogP contribution >= 0.6 is 11.8 Å². The summed E-state index contributed by atoms with van der Waals surface area (Å²) in [5.41, 5.74) is 0.456. The van der Waals surface area contributed by atoms with Crippen molar-refractivity contribution in [2.24, 2.45) is 0 Å². The van der Waals surface area contributed by atoms with E-state index in [1.54, 1.807) is 26.0 Å². The van der Waals surface area contributed by atoms with Gasteiger partial charge in [-0.15, -0.1) is 10.2 Å². The highest BCUT2D eigenvalue weighted by molar-refractivity contribution is 8.00. The van der Waals surface area contributed by atoms with Crippen LogP contribution in [0.1, 0.15) is 13.8 Å². The molecule has 0 saturated heterocycles. The lowest BCUT2D eigenvalue weighted by molar-refractivity contribution is -0.142. The molecule has 0 saturated carbocycles. The largest absolute Gasteiger partial charge is 0.465 e. The molecule has 0 radical (unpaired) electrons. The summed E-state index contributed by atoms with van der Waals surface area (Å²) in [7, 11) is 0. The maximum Gasteiger partial charge on any atom is 0.406 e. The second kappa shape index (κ2) is 7.65. The molecule has 6 nitrogen and oxygen atoms in total. The molecular formula is C14H15F3N4O2S. The number of carbonyl (C=O) groups is 1. The summed E-state index contributed by atoms with van der Waals surface area (Å²) in [4.78, 5) is 15.5. The lowest BCUT2D eigenvalue weighted by atomic mass is 10.2. The number of halogens is 3. The zero-order valence-electron chi connectivity index (χ0n) is 12.9. The third-order valence-corrected chi connectivity index (χ3v) is 3.95. The third-order valence-electron chi connectivity index (χ3n) is 2.89. The van der Waals surface area contributed by atoms with Crippen molar-refractivity contribution < 1.29 is 22.7 Å². The van der Waals surface area contributed by atoms with Crippen LogP contribution in [0.25, 0.3) is 11.4 Å². The molecular weight excluding hydrogens is 345 g/mol. The normalized spacial score (nSPS) is 12.9. The maximum absolute atomic E-state index is 12.9. The highest BCUT2D eigenvalue weighted by Crippen LogP contribution is 2.30. The van der Waals surface area contributed by atoms with Gasteiger partial charge in [0.2, 0.25) is 0 Å². The molecule has 0 aliphatic rings. The van der Waals surface area contributed by atoms with Crippen molar-refractivity contribution >= 4 is 17.7 Å². The summed E-state index contributed by atoms with van der Waals surface area (Å²) >= 11 is 0.874. The summed E-state index contributed by atoms with van der Waals surface area (Å²) < 4.78 is 44.6. The van der Waals surface area contributed by atoms with Gasteiger partial charge in [0.15, 0.2) is 11.0 Å². The fraction of sp³-hybridized carbons (Fsp3) is 0.429. The van der Waals surface area contributed by atoms with Crippen molar-refractivity contribution in [3.63, 3.8) is 0 Å². The molecule has 0 aromatic carbocycles. The Bertz CT molecular complexity index is 691. The molecule has 0 bridgehead atoms. The number of pyridine rings is 1. The van der Waals surface area contributed by atoms with E-state index in [1.165, 1.54) is 12.4 Å². The van der Waals surface area contributed by atoms with Crippen molar-refractivity contribution in [1.82, 2.24) is 19.7 Å². The Labute approximate surface area is 140 Å². The number of carbonyl (C=O) groups excluding carboxylic acids is 1. The van der Waals surface area contributed by atoms with Crippen LogP contribution in [-0.4, -0.2) is 43.8 Å². The van der Waals surface area contributed by atoms with Crippen LogP contribution in [0.4, 0.5) is 13.2 Å². The lowest BCUT2D eigenvalue weighted by Crippen LogP contribution is -2.21. The highest BCUT2D eigenvalue weighted by Gasteiger charge is 2.32. The Morgan fingerprint density at radius 1 is 1.33 bits per heavy atom. The Balaban J connectivity index is 2.34. The molecule has 10 heteroatoms. The predicted octanol–water partition coefficient (Wildman–Crippen LogP) is 2.95. The van der Waals surface area contributed by atoms with Gasteiger partial charge in [-0.05, 0) is 26.0 Å². The second-order valence-corrected chi connectivity index (χ2v) is 6.06. The number of nitrogens with zero attached hydrogens (tertiary/aromatic N) is 4. The third kappa shape index (κ3) is 4.70. The number of aromatic nitrogens is 4. The zero-order valence-corrected chi connectivity index (χ0v) is 13.8. The second-order valence-electron chi connectivity index (χ2n) is 4.76. The van der Waals surface area contributed by atoms with Crippen molar-refractivity contribution in [3.8, 4) is 11.4 Å². The van der Waals surface area contributed by atoms with E-state index < -0.39 is 23.9 Å². The van der Waals surface area contributed by atoms with Crippen LogP contribution in [0.2, 0.25) is 0 Å². The molecule has 0 spiro atoms. The first-order valence-corrected chi connectivity index (χ1v) is 7.93. The van der Waals surface area contributed by atoms with Crippen molar-refractivity contribution in [3.05, 3.63) is 24.5 Å². The Kier molecular flexibility index (Phi) is 5.81. The predicted molar refractivity (Wildman–Crippen MR) is 81.3 cm³/mol. The number of rotatable bonds is 6. The summed E-state index contributed by atoms with van der Waals surface area (Å²) in [6.45, 7) is 2.14. The van der Waals surface area contributed by atoms with Gasteiger partial charge in [-0.3, -0.25) is 14.3 Å². The van der Waals surface area contributed by atoms with Gasteiger partial charge in [0.25, 0.3) is 0 Å². The topological polar surface area (TPSA) is 69.9 Å². The Morgan fingerprint density at radius 3 is 2.58 bits per heavy atom.